The van der Waals surface area contributed by atoms with Crippen LogP contribution in [0, 0.1) is 6.92 Å². The fourth-order valence-corrected chi connectivity index (χ4v) is 3.93. The molecule has 0 amide bonds. The summed E-state index contributed by atoms with van der Waals surface area (Å²) < 4.78 is 26.3. The molecule has 0 fully saturated rings. The Kier molecular flexibility index (Phi) is 5.66. The molecule has 0 radical (unpaired) electrons. The second-order valence-electron chi connectivity index (χ2n) is 6.84. The van der Waals surface area contributed by atoms with Crippen LogP contribution in [0.2, 0.25) is 0 Å². The van der Waals surface area contributed by atoms with Crippen molar-refractivity contribution in [2.24, 2.45) is 0 Å². The lowest BCUT2D eigenvalue weighted by Gasteiger charge is -2.17. The van der Waals surface area contributed by atoms with Gasteiger partial charge in [-0.3, -0.25) is 4.72 Å². The van der Waals surface area contributed by atoms with E-state index in [0.717, 1.165) is 17.4 Å². The lowest BCUT2D eigenvalue weighted by atomic mass is 9.92. The third-order valence-corrected chi connectivity index (χ3v) is 5.26. The molecule has 5 nitrogen and oxygen atoms in total. The highest BCUT2D eigenvalue weighted by atomic mass is 32.2. The molecule has 6 heteroatoms. The van der Waals surface area contributed by atoms with Gasteiger partial charge in [0.15, 0.2) is 0 Å². The first-order valence-electron chi connectivity index (χ1n) is 9.06. The first kappa shape index (κ1) is 20.5. The van der Waals surface area contributed by atoms with E-state index >= 15 is 0 Å². The maximum absolute atomic E-state index is 11.9. The number of allylic oxidation sites excluding steroid dienone is 2. The zero-order valence-electron chi connectivity index (χ0n) is 16.3. The molecule has 29 heavy (non-hydrogen) atoms. The Labute approximate surface area is 170 Å². The Morgan fingerprint density at radius 3 is 2.45 bits per heavy atom. The topological polar surface area (TPSA) is 86.6 Å². The van der Waals surface area contributed by atoms with E-state index in [4.69, 9.17) is 0 Å². The number of phenolic OH excluding ortho intramolecular Hbond substituents is 2. The third kappa shape index (κ3) is 4.27. The van der Waals surface area contributed by atoms with Crippen molar-refractivity contribution >= 4 is 32.6 Å². The smallest absolute Gasteiger partial charge is 0.229 e. The van der Waals surface area contributed by atoms with E-state index in [-0.39, 0.29) is 11.5 Å². The molecule has 0 saturated carbocycles. The molecular weight excluding hydrogens is 386 g/mol. The van der Waals surface area contributed by atoms with Crippen LogP contribution in [0.25, 0.3) is 28.0 Å². The minimum absolute atomic E-state index is 0.000688. The maximum atomic E-state index is 11.9. The van der Waals surface area contributed by atoms with Gasteiger partial charge in [0.05, 0.1) is 11.9 Å². The van der Waals surface area contributed by atoms with Gasteiger partial charge in [-0.2, -0.15) is 0 Å². The molecule has 3 N–H and O–H groups in total. The normalized spacial score (nSPS) is 11.8. The zero-order chi connectivity index (χ0) is 21.2. The van der Waals surface area contributed by atoms with Gasteiger partial charge < -0.3 is 10.2 Å². The zero-order valence-corrected chi connectivity index (χ0v) is 17.1. The first-order valence-corrected chi connectivity index (χ1v) is 10.9. The van der Waals surface area contributed by atoms with Gasteiger partial charge in [-0.1, -0.05) is 48.6 Å². The quantitative estimate of drug-likeness (QED) is 0.386. The van der Waals surface area contributed by atoms with Crippen molar-refractivity contribution in [3.05, 3.63) is 72.3 Å². The van der Waals surface area contributed by atoms with E-state index in [1.807, 2.05) is 19.1 Å². The molecule has 0 unspecified atom stereocenters. The number of rotatable bonds is 6. The highest BCUT2D eigenvalue weighted by molar-refractivity contribution is 7.92. The summed E-state index contributed by atoms with van der Waals surface area (Å²) in [6, 6.07) is 11.9. The monoisotopic (exact) mass is 409 g/mol. The molecule has 3 rings (SSSR count). The predicted molar refractivity (Wildman–Crippen MR) is 120 cm³/mol. The molecule has 0 atom stereocenters. The molecule has 0 heterocycles. The van der Waals surface area contributed by atoms with Gasteiger partial charge in [-0.05, 0) is 36.6 Å². The van der Waals surface area contributed by atoms with Crippen LogP contribution < -0.4 is 4.72 Å². The molecule has 150 valence electrons. The molecule has 0 bridgehead atoms. The minimum atomic E-state index is -3.54. The van der Waals surface area contributed by atoms with Gasteiger partial charge in [-0.25, -0.2) is 8.42 Å². The van der Waals surface area contributed by atoms with Crippen molar-refractivity contribution in [3.63, 3.8) is 0 Å². The van der Waals surface area contributed by atoms with Gasteiger partial charge in [0.1, 0.15) is 11.5 Å². The summed E-state index contributed by atoms with van der Waals surface area (Å²) in [5, 5.41) is 22.6. The number of hydrogen-bond acceptors (Lipinski definition) is 4. The molecule has 0 spiro atoms. The fourth-order valence-electron chi connectivity index (χ4n) is 3.36. The standard InChI is InChI=1S/C23H23NO4S/c1-4-5-6-9-16-12-13-21(25)22(15(16)2)19-14-20(24-29(3,27)28)17-10-7-8-11-18(17)23(19)26/h4,6-14,24-26H,1,5H2,2-3H3/b9-6-. The fraction of sp³-hybridized carbons (Fsp3) is 0.130. The summed E-state index contributed by atoms with van der Waals surface area (Å²) in [5.41, 5.74) is 2.78. The molecular formula is C23H23NO4S. The lowest BCUT2D eigenvalue weighted by molar-refractivity contribution is 0.471. The SMILES string of the molecule is C=CC/C=C\c1ccc(O)c(-c2cc(NS(C)(=O)=O)c3ccccc3c2O)c1C. The number of anilines is 1. The highest BCUT2D eigenvalue weighted by Gasteiger charge is 2.19. The summed E-state index contributed by atoms with van der Waals surface area (Å²) in [4.78, 5) is 0. The predicted octanol–water partition coefficient (Wildman–Crippen LogP) is 5.19. The average molecular weight is 410 g/mol. The number of nitrogens with one attached hydrogen (secondary N) is 1. The largest absolute Gasteiger partial charge is 0.507 e. The Morgan fingerprint density at radius 1 is 1.10 bits per heavy atom. The van der Waals surface area contributed by atoms with Crippen LogP contribution in [0.15, 0.2) is 61.2 Å². The van der Waals surface area contributed by atoms with Crippen molar-refractivity contribution in [3.8, 4) is 22.6 Å². The number of fused-ring (bicyclic) bond motifs is 1. The molecule has 0 aromatic heterocycles. The van der Waals surface area contributed by atoms with Gasteiger partial charge >= 0.3 is 0 Å². The average Bonchev–Trinajstić information content (AvgIpc) is 2.66. The second kappa shape index (κ2) is 8.01. The summed E-state index contributed by atoms with van der Waals surface area (Å²) in [6.45, 7) is 5.54. The lowest BCUT2D eigenvalue weighted by Crippen LogP contribution is -2.10. The Balaban J connectivity index is 2.31. The van der Waals surface area contributed by atoms with Crippen LogP contribution in [0.3, 0.4) is 0 Å². The van der Waals surface area contributed by atoms with Crippen LogP contribution in [-0.4, -0.2) is 24.9 Å². The number of benzene rings is 3. The van der Waals surface area contributed by atoms with E-state index in [2.05, 4.69) is 11.3 Å². The maximum Gasteiger partial charge on any atom is 0.229 e. The summed E-state index contributed by atoms with van der Waals surface area (Å²) in [7, 11) is -3.54. The van der Waals surface area contributed by atoms with Gasteiger partial charge in [0.2, 0.25) is 10.0 Å². The van der Waals surface area contributed by atoms with E-state index < -0.39 is 10.0 Å². The molecule has 0 aliphatic carbocycles. The Hall–Kier alpha value is -3.25. The second-order valence-corrected chi connectivity index (χ2v) is 8.59. The number of hydrogen-bond donors (Lipinski definition) is 3. The Bertz CT molecular complexity index is 1230. The number of sulfonamides is 1. The van der Waals surface area contributed by atoms with Crippen molar-refractivity contribution in [1.82, 2.24) is 0 Å². The van der Waals surface area contributed by atoms with Crippen molar-refractivity contribution in [1.29, 1.82) is 0 Å². The molecule has 0 aliphatic heterocycles. The van der Waals surface area contributed by atoms with Crippen molar-refractivity contribution in [2.45, 2.75) is 13.3 Å². The molecule has 0 saturated heterocycles. The molecule has 0 aliphatic rings. The summed E-state index contributed by atoms with van der Waals surface area (Å²) in [6.07, 6.45) is 7.44. The Morgan fingerprint density at radius 2 is 1.79 bits per heavy atom. The number of aromatic hydroxyl groups is 2. The van der Waals surface area contributed by atoms with E-state index in [0.29, 0.717) is 34.0 Å². The van der Waals surface area contributed by atoms with Crippen molar-refractivity contribution in [2.75, 3.05) is 11.0 Å². The highest BCUT2D eigenvalue weighted by Crippen LogP contribution is 2.45. The van der Waals surface area contributed by atoms with Crippen LogP contribution >= 0.6 is 0 Å². The minimum Gasteiger partial charge on any atom is -0.507 e. The van der Waals surface area contributed by atoms with Crippen LogP contribution in [0.5, 0.6) is 11.5 Å². The molecule has 3 aromatic rings. The summed E-state index contributed by atoms with van der Waals surface area (Å²) >= 11 is 0. The van der Waals surface area contributed by atoms with Gasteiger partial charge in [0, 0.05) is 21.9 Å². The van der Waals surface area contributed by atoms with E-state index in [9.17, 15) is 18.6 Å². The number of phenols is 2. The first-order chi connectivity index (χ1) is 13.7. The third-order valence-electron chi connectivity index (χ3n) is 4.67. The van der Waals surface area contributed by atoms with E-state index in [1.165, 1.54) is 0 Å². The van der Waals surface area contributed by atoms with Gasteiger partial charge in [-0.15, -0.1) is 6.58 Å². The van der Waals surface area contributed by atoms with Crippen LogP contribution in [0.4, 0.5) is 5.69 Å². The molecule has 3 aromatic carbocycles. The van der Waals surface area contributed by atoms with Crippen LogP contribution in [-0.2, 0) is 10.0 Å². The van der Waals surface area contributed by atoms with E-state index in [1.54, 1.807) is 48.5 Å². The van der Waals surface area contributed by atoms with Crippen LogP contribution in [0.1, 0.15) is 17.5 Å². The van der Waals surface area contributed by atoms with Crippen molar-refractivity contribution < 1.29 is 18.6 Å². The van der Waals surface area contributed by atoms with Gasteiger partial charge in [0.25, 0.3) is 0 Å². The summed E-state index contributed by atoms with van der Waals surface area (Å²) in [5.74, 6) is -0.0236.